The number of hydrogen-bond donors (Lipinski definition) is 1. The molecular weight excluding hydrogens is 369 g/mol. The van der Waals surface area contributed by atoms with Crippen LogP contribution in [-0.2, 0) is 15.8 Å². The maximum Gasteiger partial charge on any atom is 0.218 e. The zero-order valence-corrected chi connectivity index (χ0v) is 16.3. The molecule has 0 aliphatic carbocycles. The van der Waals surface area contributed by atoms with Crippen LogP contribution in [0.2, 0.25) is 0 Å². The molecule has 2 aromatic rings. The van der Waals surface area contributed by atoms with Crippen molar-refractivity contribution in [2.75, 3.05) is 42.9 Å². The van der Waals surface area contributed by atoms with Crippen molar-refractivity contribution in [1.82, 2.24) is 14.3 Å². The highest BCUT2D eigenvalue weighted by Crippen LogP contribution is 2.20. The summed E-state index contributed by atoms with van der Waals surface area (Å²) in [6.45, 7) is 6.44. The van der Waals surface area contributed by atoms with Crippen LogP contribution in [0.15, 0.2) is 30.3 Å². The zero-order valence-electron chi connectivity index (χ0n) is 15.5. The summed E-state index contributed by atoms with van der Waals surface area (Å²) in [6, 6.07) is 7.60. The Morgan fingerprint density at radius 3 is 2.56 bits per heavy atom. The van der Waals surface area contributed by atoms with Crippen molar-refractivity contribution in [3.8, 4) is 0 Å². The summed E-state index contributed by atoms with van der Waals surface area (Å²) >= 11 is 0. The van der Waals surface area contributed by atoms with Gasteiger partial charge >= 0.3 is 0 Å². The lowest BCUT2D eigenvalue weighted by atomic mass is 10.2. The molecule has 1 aliphatic rings. The molecule has 9 heteroatoms. The molecule has 0 unspecified atom stereocenters. The Morgan fingerprint density at radius 1 is 1.15 bits per heavy atom. The number of piperazine rings is 1. The fraction of sp³-hybridized carbons (Fsp3) is 0.444. The van der Waals surface area contributed by atoms with E-state index >= 15 is 0 Å². The Hall–Kier alpha value is -2.26. The number of nitrogens with zero attached hydrogens (tertiary/aromatic N) is 4. The lowest BCUT2D eigenvalue weighted by molar-refractivity contribution is 0.383. The molecule has 0 atom stereocenters. The number of rotatable bonds is 6. The lowest BCUT2D eigenvalue weighted by Crippen LogP contribution is -2.49. The first-order valence-corrected chi connectivity index (χ1v) is 10.5. The van der Waals surface area contributed by atoms with E-state index in [1.165, 1.54) is 22.5 Å². The highest BCUT2D eigenvalue weighted by atomic mass is 32.2. The minimum Gasteiger partial charge on any atom is -0.370 e. The van der Waals surface area contributed by atoms with E-state index in [0.717, 1.165) is 18.2 Å². The van der Waals surface area contributed by atoms with Crippen LogP contribution in [0.1, 0.15) is 18.3 Å². The van der Waals surface area contributed by atoms with E-state index in [1.807, 2.05) is 19.9 Å². The molecule has 0 saturated carbocycles. The molecule has 0 amide bonds. The Kier molecular flexibility index (Phi) is 5.91. The summed E-state index contributed by atoms with van der Waals surface area (Å²) in [5, 5.41) is 3.18. The second-order valence-electron chi connectivity index (χ2n) is 6.46. The van der Waals surface area contributed by atoms with Crippen LogP contribution in [0.25, 0.3) is 0 Å². The smallest absolute Gasteiger partial charge is 0.218 e. The highest BCUT2D eigenvalue weighted by Gasteiger charge is 2.28. The van der Waals surface area contributed by atoms with Crippen molar-refractivity contribution in [3.05, 3.63) is 47.5 Å². The van der Waals surface area contributed by atoms with E-state index < -0.39 is 15.8 Å². The van der Waals surface area contributed by atoms with Crippen molar-refractivity contribution in [1.29, 1.82) is 0 Å². The first-order valence-electron chi connectivity index (χ1n) is 8.94. The number of halogens is 1. The Bertz CT molecular complexity index is 898. The molecule has 1 aliphatic heterocycles. The van der Waals surface area contributed by atoms with Gasteiger partial charge in [-0.2, -0.15) is 4.31 Å². The van der Waals surface area contributed by atoms with Gasteiger partial charge in [-0.15, -0.1) is 0 Å². The summed E-state index contributed by atoms with van der Waals surface area (Å²) in [6.07, 6.45) is 0. The summed E-state index contributed by atoms with van der Waals surface area (Å²) in [4.78, 5) is 10.9. The van der Waals surface area contributed by atoms with Gasteiger partial charge < -0.3 is 10.2 Å². The van der Waals surface area contributed by atoms with Crippen LogP contribution in [0.5, 0.6) is 0 Å². The van der Waals surface area contributed by atoms with Crippen molar-refractivity contribution < 1.29 is 12.8 Å². The Morgan fingerprint density at radius 2 is 1.89 bits per heavy atom. The number of nitrogens with one attached hydrogen (secondary N) is 1. The molecule has 0 radical (unpaired) electrons. The quantitative estimate of drug-likeness (QED) is 0.809. The van der Waals surface area contributed by atoms with Crippen molar-refractivity contribution in [3.63, 3.8) is 0 Å². The molecule has 1 aromatic carbocycles. The van der Waals surface area contributed by atoms with Crippen LogP contribution in [0, 0.1) is 12.7 Å². The minimum absolute atomic E-state index is 0.193. The predicted molar refractivity (Wildman–Crippen MR) is 104 cm³/mol. The second-order valence-corrected chi connectivity index (χ2v) is 8.43. The molecular formula is C18H24FN5O2S. The van der Waals surface area contributed by atoms with E-state index in [4.69, 9.17) is 0 Å². The van der Waals surface area contributed by atoms with Crippen LogP contribution in [0.3, 0.4) is 0 Å². The monoisotopic (exact) mass is 393 g/mol. The van der Waals surface area contributed by atoms with E-state index in [2.05, 4.69) is 20.2 Å². The third-order valence-corrected chi connectivity index (χ3v) is 6.23. The average molecular weight is 393 g/mol. The normalized spacial score (nSPS) is 15.7. The molecule has 1 aromatic heterocycles. The third kappa shape index (κ3) is 4.92. The average Bonchev–Trinajstić information content (AvgIpc) is 2.61. The van der Waals surface area contributed by atoms with Gasteiger partial charge in [0.25, 0.3) is 0 Å². The van der Waals surface area contributed by atoms with Gasteiger partial charge in [0.15, 0.2) is 0 Å². The molecule has 1 saturated heterocycles. The van der Waals surface area contributed by atoms with Gasteiger partial charge in [-0.25, -0.2) is 22.8 Å². The summed E-state index contributed by atoms with van der Waals surface area (Å²) in [5.74, 6) is 1.61. The molecule has 0 spiro atoms. The second kappa shape index (κ2) is 8.18. The molecule has 1 fully saturated rings. The predicted octanol–water partition coefficient (Wildman–Crippen LogP) is 2.01. The SMILES string of the molecule is CCNc1cc(N2CCN(S(=O)(=O)Cc3cccc(F)c3)CC2)nc(C)n1. The van der Waals surface area contributed by atoms with Crippen LogP contribution >= 0.6 is 0 Å². The van der Waals surface area contributed by atoms with Crippen LogP contribution < -0.4 is 10.2 Å². The Balaban J connectivity index is 1.66. The number of benzene rings is 1. The number of anilines is 2. The maximum absolute atomic E-state index is 13.3. The standard InChI is InChI=1S/C18H24FN5O2S/c1-3-20-17-12-18(22-14(2)21-17)23-7-9-24(10-8-23)27(25,26)13-15-5-4-6-16(19)11-15/h4-6,11-12H,3,7-10,13H2,1-2H3,(H,20,21,22). The van der Waals surface area contributed by atoms with Crippen molar-refractivity contribution >= 4 is 21.7 Å². The first kappa shape index (κ1) is 19.5. The molecule has 7 nitrogen and oxygen atoms in total. The maximum atomic E-state index is 13.3. The molecule has 146 valence electrons. The molecule has 0 bridgehead atoms. The fourth-order valence-electron chi connectivity index (χ4n) is 3.11. The van der Waals surface area contributed by atoms with Gasteiger partial charge in [0.05, 0.1) is 5.75 Å². The first-order chi connectivity index (χ1) is 12.9. The van der Waals surface area contributed by atoms with E-state index in [1.54, 1.807) is 6.07 Å². The Labute approximate surface area is 159 Å². The van der Waals surface area contributed by atoms with Gasteiger partial charge in [-0.05, 0) is 31.5 Å². The van der Waals surface area contributed by atoms with E-state index in [-0.39, 0.29) is 5.75 Å². The number of sulfonamides is 1. The molecule has 2 heterocycles. The van der Waals surface area contributed by atoms with Gasteiger partial charge in [0.2, 0.25) is 10.0 Å². The third-order valence-electron chi connectivity index (χ3n) is 4.38. The topological polar surface area (TPSA) is 78.4 Å². The summed E-state index contributed by atoms with van der Waals surface area (Å²) in [5.41, 5.74) is 0.458. The van der Waals surface area contributed by atoms with E-state index in [9.17, 15) is 12.8 Å². The fourth-order valence-corrected chi connectivity index (χ4v) is 4.61. The van der Waals surface area contributed by atoms with Gasteiger partial charge in [-0.3, -0.25) is 0 Å². The summed E-state index contributed by atoms with van der Waals surface area (Å²) < 4.78 is 40.1. The van der Waals surface area contributed by atoms with Crippen LogP contribution in [-0.4, -0.2) is 55.4 Å². The number of aromatic nitrogens is 2. The zero-order chi connectivity index (χ0) is 19.4. The van der Waals surface area contributed by atoms with Gasteiger partial charge in [-0.1, -0.05) is 12.1 Å². The molecule has 27 heavy (non-hydrogen) atoms. The van der Waals surface area contributed by atoms with Crippen molar-refractivity contribution in [2.45, 2.75) is 19.6 Å². The number of aryl methyl sites for hydroxylation is 1. The minimum atomic E-state index is -3.49. The molecule has 3 rings (SSSR count). The summed E-state index contributed by atoms with van der Waals surface area (Å²) in [7, 11) is -3.49. The largest absolute Gasteiger partial charge is 0.370 e. The lowest BCUT2D eigenvalue weighted by Gasteiger charge is -2.34. The number of hydrogen-bond acceptors (Lipinski definition) is 6. The van der Waals surface area contributed by atoms with Gasteiger partial charge in [0.1, 0.15) is 23.3 Å². The van der Waals surface area contributed by atoms with Crippen molar-refractivity contribution in [2.24, 2.45) is 0 Å². The highest BCUT2D eigenvalue weighted by molar-refractivity contribution is 7.88. The van der Waals surface area contributed by atoms with Gasteiger partial charge in [0, 0.05) is 38.8 Å². The van der Waals surface area contributed by atoms with E-state index in [0.29, 0.717) is 37.6 Å². The van der Waals surface area contributed by atoms with Crippen LogP contribution in [0.4, 0.5) is 16.0 Å². The molecule has 1 N–H and O–H groups in total.